The highest BCUT2D eigenvalue weighted by atomic mass is 19.1. The summed E-state index contributed by atoms with van der Waals surface area (Å²) in [7, 11) is 3.61. The van der Waals surface area contributed by atoms with Gasteiger partial charge in [0.05, 0.1) is 41.7 Å². The molecule has 4 rings (SSSR count). The number of anilines is 2. The number of aromatic nitrogens is 1. The topological polar surface area (TPSA) is 54.9 Å². The van der Waals surface area contributed by atoms with E-state index in [9.17, 15) is 9.18 Å². The molecule has 0 saturated carbocycles. The van der Waals surface area contributed by atoms with Crippen molar-refractivity contribution in [2.45, 2.75) is 5.54 Å². The van der Waals surface area contributed by atoms with Gasteiger partial charge in [0, 0.05) is 26.2 Å². The summed E-state index contributed by atoms with van der Waals surface area (Å²) in [6.07, 6.45) is 2.32. The Balaban J connectivity index is 2.05. The van der Waals surface area contributed by atoms with Crippen LogP contribution in [0.3, 0.4) is 0 Å². The lowest BCUT2D eigenvalue weighted by Crippen LogP contribution is -2.64. The van der Waals surface area contributed by atoms with Gasteiger partial charge in [0.2, 0.25) is 6.41 Å². The number of benzene rings is 1. The summed E-state index contributed by atoms with van der Waals surface area (Å²) >= 11 is 0. The summed E-state index contributed by atoms with van der Waals surface area (Å²) < 4.78 is 25.1. The molecule has 1 aromatic carbocycles. The third-order valence-electron chi connectivity index (χ3n) is 4.67. The summed E-state index contributed by atoms with van der Waals surface area (Å²) in [5, 5.41) is 0.712. The number of carbonyl (C=O) groups is 1. The average molecular weight is 317 g/mol. The largest absolute Gasteiger partial charge is 0.490 e. The van der Waals surface area contributed by atoms with E-state index in [1.807, 2.05) is 7.05 Å². The lowest BCUT2D eigenvalue weighted by Gasteiger charge is -2.48. The fourth-order valence-electron chi connectivity index (χ4n) is 3.16. The van der Waals surface area contributed by atoms with Gasteiger partial charge in [-0.2, -0.15) is 0 Å². The molecule has 0 bridgehead atoms. The Morgan fingerprint density at radius 2 is 2.17 bits per heavy atom. The number of amides is 1. The monoisotopic (exact) mass is 317 g/mol. The summed E-state index contributed by atoms with van der Waals surface area (Å²) in [5.41, 5.74) is 1.64. The molecule has 1 spiro atoms. The van der Waals surface area contributed by atoms with Crippen LogP contribution in [0.2, 0.25) is 0 Å². The normalized spacial score (nSPS) is 18.3. The van der Waals surface area contributed by atoms with Crippen LogP contribution in [-0.4, -0.2) is 50.8 Å². The minimum absolute atomic E-state index is 0.317. The Hall–Kier alpha value is -2.41. The van der Waals surface area contributed by atoms with Gasteiger partial charge < -0.3 is 19.3 Å². The minimum Gasteiger partial charge on any atom is -0.490 e. The molecule has 1 fully saturated rings. The van der Waals surface area contributed by atoms with Gasteiger partial charge in [0.1, 0.15) is 23.7 Å². The van der Waals surface area contributed by atoms with Crippen LogP contribution in [0, 0.1) is 5.82 Å². The molecule has 1 saturated heterocycles. The smallest absolute Gasteiger partial charge is 0.213 e. The third kappa shape index (κ3) is 1.89. The van der Waals surface area contributed by atoms with Gasteiger partial charge in [-0.25, -0.2) is 4.39 Å². The zero-order chi connectivity index (χ0) is 16.2. The van der Waals surface area contributed by atoms with E-state index in [0.717, 1.165) is 12.1 Å². The number of likely N-dealkylation sites (N-methyl/N-ethyl adjacent to an activating group) is 1. The number of ether oxygens (including phenoxy) is 2. The summed E-state index contributed by atoms with van der Waals surface area (Å²) in [6.45, 7) is 1.43. The highest BCUT2D eigenvalue weighted by molar-refractivity contribution is 6.04. The number of halogens is 1. The molecule has 2 aliphatic heterocycles. The summed E-state index contributed by atoms with van der Waals surface area (Å²) in [4.78, 5) is 19.1. The molecule has 6 nitrogen and oxygen atoms in total. The molecule has 2 aliphatic rings. The number of hydrogen-bond acceptors (Lipinski definition) is 5. The SMILES string of the molecule is CN(C=O)c1cnc2cc(F)cc3c2c1N(C)C1(COC1)CO3. The van der Waals surface area contributed by atoms with Crippen LogP contribution >= 0.6 is 0 Å². The van der Waals surface area contributed by atoms with E-state index in [1.54, 1.807) is 13.2 Å². The first-order valence-electron chi connectivity index (χ1n) is 7.30. The Kier molecular flexibility index (Phi) is 2.96. The average Bonchev–Trinajstić information content (AvgIpc) is 2.63. The van der Waals surface area contributed by atoms with Crippen molar-refractivity contribution in [1.82, 2.24) is 4.98 Å². The maximum absolute atomic E-state index is 13.9. The van der Waals surface area contributed by atoms with Gasteiger partial charge >= 0.3 is 0 Å². The quantitative estimate of drug-likeness (QED) is 0.787. The molecule has 0 N–H and O–H groups in total. The molecule has 0 aliphatic carbocycles. The van der Waals surface area contributed by atoms with Crippen LogP contribution in [0.5, 0.6) is 5.75 Å². The van der Waals surface area contributed by atoms with E-state index in [2.05, 4.69) is 9.88 Å². The maximum Gasteiger partial charge on any atom is 0.213 e. The second-order valence-corrected chi connectivity index (χ2v) is 6.07. The van der Waals surface area contributed by atoms with Crippen LogP contribution in [0.25, 0.3) is 10.9 Å². The van der Waals surface area contributed by atoms with Crippen LogP contribution in [-0.2, 0) is 9.53 Å². The van der Waals surface area contributed by atoms with Crippen molar-refractivity contribution in [3.63, 3.8) is 0 Å². The zero-order valence-electron chi connectivity index (χ0n) is 12.9. The van der Waals surface area contributed by atoms with E-state index >= 15 is 0 Å². The fraction of sp³-hybridized carbons (Fsp3) is 0.375. The van der Waals surface area contributed by atoms with E-state index in [0.29, 0.717) is 42.2 Å². The molecule has 3 heterocycles. The van der Waals surface area contributed by atoms with Crippen molar-refractivity contribution >= 4 is 28.7 Å². The number of nitrogens with zero attached hydrogens (tertiary/aromatic N) is 3. The predicted molar refractivity (Wildman–Crippen MR) is 83.6 cm³/mol. The summed E-state index contributed by atoms with van der Waals surface area (Å²) in [6, 6.07) is 2.74. The van der Waals surface area contributed by atoms with Crippen molar-refractivity contribution in [2.75, 3.05) is 43.7 Å². The molecule has 7 heteroatoms. The van der Waals surface area contributed by atoms with Crippen LogP contribution in [0.15, 0.2) is 18.3 Å². The van der Waals surface area contributed by atoms with Crippen LogP contribution < -0.4 is 14.5 Å². The van der Waals surface area contributed by atoms with Gasteiger partial charge in [-0.15, -0.1) is 0 Å². The van der Waals surface area contributed by atoms with Gasteiger partial charge in [0.15, 0.2) is 0 Å². The van der Waals surface area contributed by atoms with E-state index in [1.165, 1.54) is 17.0 Å². The van der Waals surface area contributed by atoms with Crippen molar-refractivity contribution in [3.05, 3.63) is 24.1 Å². The molecule has 0 atom stereocenters. The van der Waals surface area contributed by atoms with Crippen LogP contribution in [0.4, 0.5) is 15.8 Å². The lowest BCUT2D eigenvalue weighted by atomic mass is 9.95. The molecule has 0 radical (unpaired) electrons. The van der Waals surface area contributed by atoms with Gasteiger partial charge in [-0.1, -0.05) is 0 Å². The molecular formula is C16H16FN3O3. The van der Waals surface area contributed by atoms with Crippen molar-refractivity contribution in [3.8, 4) is 5.75 Å². The molecule has 0 unspecified atom stereocenters. The number of rotatable bonds is 2. The number of hydrogen-bond donors (Lipinski definition) is 0. The Labute approximate surface area is 132 Å². The third-order valence-corrected chi connectivity index (χ3v) is 4.67. The van der Waals surface area contributed by atoms with Gasteiger partial charge in [0.25, 0.3) is 0 Å². The highest BCUT2D eigenvalue weighted by Gasteiger charge is 2.46. The fourth-order valence-corrected chi connectivity index (χ4v) is 3.16. The first kappa shape index (κ1) is 14.2. The Bertz CT molecular complexity index is 807. The predicted octanol–water partition coefficient (Wildman–Crippen LogP) is 1.56. The van der Waals surface area contributed by atoms with Crippen molar-refractivity contribution < 1.29 is 18.7 Å². The van der Waals surface area contributed by atoms with Crippen LogP contribution in [0.1, 0.15) is 0 Å². The highest BCUT2D eigenvalue weighted by Crippen LogP contribution is 2.46. The van der Waals surface area contributed by atoms with E-state index < -0.39 is 5.82 Å². The standard InChI is InChI=1S/C16H16FN3O3/c1-19(9-21)12-5-18-11-3-10(17)4-13-14(11)15(12)20(2)16(8-23-13)6-22-7-16/h3-5,9H,6-8H2,1-2H3. The van der Waals surface area contributed by atoms with E-state index in [4.69, 9.17) is 9.47 Å². The molecule has 23 heavy (non-hydrogen) atoms. The van der Waals surface area contributed by atoms with Gasteiger partial charge in [-0.05, 0) is 0 Å². The second-order valence-electron chi connectivity index (χ2n) is 6.07. The van der Waals surface area contributed by atoms with E-state index in [-0.39, 0.29) is 5.54 Å². The maximum atomic E-state index is 13.9. The lowest BCUT2D eigenvalue weighted by molar-refractivity contribution is -0.107. The molecular weight excluding hydrogens is 301 g/mol. The summed E-state index contributed by atoms with van der Waals surface area (Å²) in [5.74, 6) is 0.0465. The molecule has 120 valence electrons. The molecule has 1 aromatic heterocycles. The first-order valence-corrected chi connectivity index (χ1v) is 7.30. The zero-order valence-corrected chi connectivity index (χ0v) is 12.9. The minimum atomic E-state index is -0.397. The Morgan fingerprint density at radius 1 is 1.39 bits per heavy atom. The second kappa shape index (κ2) is 4.79. The van der Waals surface area contributed by atoms with Crippen molar-refractivity contribution in [2.24, 2.45) is 0 Å². The van der Waals surface area contributed by atoms with Gasteiger partial charge in [-0.3, -0.25) is 9.78 Å². The molecule has 2 aromatic rings. The number of carbonyl (C=O) groups excluding carboxylic acids is 1. The Morgan fingerprint density at radius 3 is 2.83 bits per heavy atom. The first-order chi connectivity index (χ1) is 11.1. The van der Waals surface area contributed by atoms with Crippen molar-refractivity contribution in [1.29, 1.82) is 0 Å². The molecule has 1 amide bonds. The number of pyridine rings is 1.